The average Bonchev–Trinajstić information content (AvgIpc) is 2.91. The summed E-state index contributed by atoms with van der Waals surface area (Å²) in [6.45, 7) is 1.94. The largest absolute Gasteiger partial charge is 0.384 e. The molecule has 2 aromatic rings. The van der Waals surface area contributed by atoms with Crippen molar-refractivity contribution >= 4 is 27.3 Å². The van der Waals surface area contributed by atoms with E-state index in [0.29, 0.717) is 0 Å². The lowest BCUT2D eigenvalue weighted by atomic mass is 10.1. The summed E-state index contributed by atoms with van der Waals surface area (Å²) < 4.78 is 30.0. The van der Waals surface area contributed by atoms with Crippen LogP contribution in [0.25, 0.3) is 10.6 Å². The predicted octanol–water partition coefficient (Wildman–Crippen LogP) is 1.82. The predicted molar refractivity (Wildman–Crippen MR) is 85.4 cm³/mol. The zero-order valence-electron chi connectivity index (χ0n) is 12.2. The van der Waals surface area contributed by atoms with Crippen LogP contribution in [0.5, 0.6) is 0 Å². The lowest BCUT2D eigenvalue weighted by Crippen LogP contribution is -2.33. The lowest BCUT2D eigenvalue weighted by molar-refractivity contribution is 0.0981. The summed E-state index contributed by atoms with van der Waals surface area (Å²) in [4.78, 5) is 16.3. The Bertz CT molecular complexity index is 751. The van der Waals surface area contributed by atoms with Crippen LogP contribution in [-0.2, 0) is 14.8 Å². The minimum atomic E-state index is -3.68. The second kappa shape index (κ2) is 6.99. The number of carbonyl (C=O) groups excluding carboxylic acids is 1. The zero-order valence-corrected chi connectivity index (χ0v) is 13.8. The van der Waals surface area contributed by atoms with Gasteiger partial charge in [-0.3, -0.25) is 4.79 Å². The number of nitrogens with one attached hydrogen (secondary N) is 1. The second-order valence-electron chi connectivity index (χ2n) is 4.61. The van der Waals surface area contributed by atoms with E-state index in [0.717, 1.165) is 16.3 Å². The Balaban J connectivity index is 2.08. The summed E-state index contributed by atoms with van der Waals surface area (Å²) in [5, 5.41) is 2.80. The first-order valence-electron chi connectivity index (χ1n) is 6.47. The minimum Gasteiger partial charge on any atom is -0.384 e. The maximum atomic E-state index is 11.9. The number of hydrogen-bond acceptors (Lipinski definition) is 6. The monoisotopic (exact) mass is 340 g/mol. The molecule has 0 atom stereocenters. The lowest BCUT2D eigenvalue weighted by Gasteiger charge is -2.06. The number of benzene rings is 1. The van der Waals surface area contributed by atoms with Gasteiger partial charge >= 0.3 is 0 Å². The molecule has 0 aliphatic heterocycles. The van der Waals surface area contributed by atoms with Crippen molar-refractivity contribution in [3.8, 4) is 10.6 Å². The van der Waals surface area contributed by atoms with Crippen LogP contribution in [0, 0.1) is 6.92 Å². The SMILES string of the molecule is COCCS(=O)(=O)NC(=O)c1ccc(-c2nc(C)cs2)cc1. The molecule has 1 heterocycles. The highest BCUT2D eigenvalue weighted by Gasteiger charge is 2.16. The Morgan fingerprint density at radius 3 is 2.55 bits per heavy atom. The number of methoxy groups -OCH3 is 1. The van der Waals surface area contributed by atoms with Crippen LogP contribution in [0.3, 0.4) is 0 Å². The van der Waals surface area contributed by atoms with Gasteiger partial charge in [0.25, 0.3) is 5.91 Å². The third-order valence-corrected chi connectivity index (χ3v) is 5.03. The van der Waals surface area contributed by atoms with E-state index in [1.165, 1.54) is 18.4 Å². The molecule has 1 amide bonds. The molecular formula is C14H16N2O4S2. The normalized spacial score (nSPS) is 11.4. The van der Waals surface area contributed by atoms with E-state index in [1.807, 2.05) is 17.0 Å². The summed E-state index contributed by atoms with van der Waals surface area (Å²) in [5.41, 5.74) is 2.10. The highest BCUT2D eigenvalue weighted by molar-refractivity contribution is 7.90. The molecule has 6 nitrogen and oxygen atoms in total. The molecule has 0 saturated carbocycles. The van der Waals surface area contributed by atoms with Crippen LogP contribution < -0.4 is 4.72 Å². The van der Waals surface area contributed by atoms with E-state index in [-0.39, 0.29) is 17.9 Å². The van der Waals surface area contributed by atoms with E-state index < -0.39 is 15.9 Å². The maximum absolute atomic E-state index is 11.9. The summed E-state index contributed by atoms with van der Waals surface area (Å²) in [6, 6.07) is 6.64. The van der Waals surface area contributed by atoms with E-state index in [4.69, 9.17) is 4.74 Å². The number of amides is 1. The molecule has 0 spiro atoms. The number of aromatic nitrogens is 1. The number of thiazole rings is 1. The van der Waals surface area contributed by atoms with Crippen LogP contribution in [0.4, 0.5) is 0 Å². The molecule has 0 aliphatic carbocycles. The van der Waals surface area contributed by atoms with Crippen LogP contribution in [-0.4, -0.2) is 38.8 Å². The molecule has 0 fully saturated rings. The van der Waals surface area contributed by atoms with Gasteiger partial charge in [-0.1, -0.05) is 12.1 Å². The first-order valence-corrected chi connectivity index (χ1v) is 9.01. The van der Waals surface area contributed by atoms with Crippen molar-refractivity contribution in [1.82, 2.24) is 9.71 Å². The van der Waals surface area contributed by atoms with Crippen molar-refractivity contribution in [2.45, 2.75) is 6.92 Å². The third kappa shape index (κ3) is 4.36. The fraction of sp³-hybridized carbons (Fsp3) is 0.286. The Morgan fingerprint density at radius 1 is 1.32 bits per heavy atom. The van der Waals surface area contributed by atoms with Crippen molar-refractivity contribution in [2.75, 3.05) is 19.5 Å². The molecule has 1 N–H and O–H groups in total. The van der Waals surface area contributed by atoms with Gasteiger partial charge < -0.3 is 4.74 Å². The highest BCUT2D eigenvalue weighted by atomic mass is 32.2. The average molecular weight is 340 g/mol. The van der Waals surface area contributed by atoms with Crippen LogP contribution in [0.2, 0.25) is 0 Å². The molecule has 8 heteroatoms. The van der Waals surface area contributed by atoms with Crippen molar-refractivity contribution in [2.24, 2.45) is 0 Å². The molecule has 0 unspecified atom stereocenters. The topological polar surface area (TPSA) is 85.4 Å². The molecule has 0 bridgehead atoms. The quantitative estimate of drug-likeness (QED) is 0.867. The number of ether oxygens (including phenoxy) is 1. The smallest absolute Gasteiger partial charge is 0.264 e. The van der Waals surface area contributed by atoms with E-state index >= 15 is 0 Å². The third-order valence-electron chi connectivity index (χ3n) is 2.82. The van der Waals surface area contributed by atoms with Crippen molar-refractivity contribution in [3.05, 3.63) is 40.9 Å². The molecule has 0 aliphatic rings. The van der Waals surface area contributed by atoms with Crippen LogP contribution in [0.15, 0.2) is 29.6 Å². The van der Waals surface area contributed by atoms with Gasteiger partial charge in [0.15, 0.2) is 0 Å². The van der Waals surface area contributed by atoms with Gasteiger partial charge in [-0.2, -0.15) is 0 Å². The Hall–Kier alpha value is -1.77. The number of sulfonamides is 1. The molecule has 0 radical (unpaired) electrons. The number of aryl methyl sites for hydroxylation is 1. The molecule has 0 saturated heterocycles. The van der Waals surface area contributed by atoms with Gasteiger partial charge in [0.2, 0.25) is 10.0 Å². The van der Waals surface area contributed by atoms with Crippen molar-refractivity contribution < 1.29 is 17.9 Å². The Morgan fingerprint density at radius 2 is 2.00 bits per heavy atom. The first kappa shape index (κ1) is 16.6. The van der Waals surface area contributed by atoms with Gasteiger partial charge in [0, 0.05) is 29.3 Å². The van der Waals surface area contributed by atoms with Gasteiger partial charge in [-0.25, -0.2) is 18.1 Å². The first-order chi connectivity index (χ1) is 10.4. The number of nitrogens with zero attached hydrogens (tertiary/aromatic N) is 1. The van der Waals surface area contributed by atoms with Gasteiger partial charge in [0.1, 0.15) is 5.01 Å². The molecule has 2 rings (SSSR count). The molecule has 118 valence electrons. The van der Waals surface area contributed by atoms with Crippen LogP contribution in [0.1, 0.15) is 16.1 Å². The minimum absolute atomic E-state index is 0.0327. The fourth-order valence-electron chi connectivity index (χ4n) is 1.69. The molecule has 22 heavy (non-hydrogen) atoms. The molecular weight excluding hydrogens is 324 g/mol. The Kier molecular flexibility index (Phi) is 5.28. The van der Waals surface area contributed by atoms with Crippen LogP contribution >= 0.6 is 11.3 Å². The van der Waals surface area contributed by atoms with Gasteiger partial charge in [-0.15, -0.1) is 11.3 Å². The van der Waals surface area contributed by atoms with E-state index in [2.05, 4.69) is 4.98 Å². The number of carbonyl (C=O) groups is 1. The standard InChI is InChI=1S/C14H16N2O4S2/c1-10-9-21-14(15-10)12-5-3-11(4-6-12)13(17)16-22(18,19)8-7-20-2/h3-6,9H,7-8H2,1-2H3,(H,16,17). The summed E-state index contributed by atoms with van der Waals surface area (Å²) in [6.07, 6.45) is 0. The van der Waals surface area contributed by atoms with Crippen molar-refractivity contribution in [1.29, 1.82) is 0 Å². The second-order valence-corrected chi connectivity index (χ2v) is 7.31. The summed E-state index contributed by atoms with van der Waals surface area (Å²) in [7, 11) is -2.29. The van der Waals surface area contributed by atoms with Gasteiger partial charge in [0.05, 0.1) is 12.4 Å². The molecule has 1 aromatic carbocycles. The summed E-state index contributed by atoms with van der Waals surface area (Å²) in [5.74, 6) is -0.913. The molecule has 1 aromatic heterocycles. The fourth-order valence-corrected chi connectivity index (χ4v) is 3.39. The maximum Gasteiger partial charge on any atom is 0.264 e. The Labute approximate surface area is 133 Å². The van der Waals surface area contributed by atoms with E-state index in [9.17, 15) is 13.2 Å². The highest BCUT2D eigenvalue weighted by Crippen LogP contribution is 2.23. The van der Waals surface area contributed by atoms with Gasteiger partial charge in [-0.05, 0) is 19.1 Å². The zero-order chi connectivity index (χ0) is 16.2. The van der Waals surface area contributed by atoms with E-state index in [1.54, 1.807) is 24.3 Å². The number of rotatable bonds is 6. The van der Waals surface area contributed by atoms with Crippen molar-refractivity contribution in [3.63, 3.8) is 0 Å². The summed E-state index contributed by atoms with van der Waals surface area (Å²) >= 11 is 1.51. The number of hydrogen-bond donors (Lipinski definition) is 1.